The van der Waals surface area contributed by atoms with Gasteiger partial charge in [-0.25, -0.2) is 4.39 Å². The van der Waals surface area contributed by atoms with Crippen LogP contribution in [0.4, 0.5) is 4.39 Å². The molecule has 0 radical (unpaired) electrons. The molecule has 0 aromatic heterocycles. The third-order valence-corrected chi connectivity index (χ3v) is 3.12. The zero-order valence-electron chi connectivity index (χ0n) is 9.96. The molecule has 1 aromatic rings. The van der Waals surface area contributed by atoms with Crippen molar-refractivity contribution in [2.45, 2.75) is 25.4 Å². The van der Waals surface area contributed by atoms with Crippen molar-refractivity contribution in [2.24, 2.45) is 0 Å². The van der Waals surface area contributed by atoms with E-state index in [0.717, 1.165) is 6.42 Å². The number of ketones is 1. The molecule has 1 atom stereocenters. The quantitative estimate of drug-likeness (QED) is 0.759. The maximum Gasteiger partial charge on any atom is 0.197 e. The normalized spacial score (nSPS) is 23.7. The fourth-order valence-corrected chi connectivity index (χ4v) is 2.05. The molecule has 0 aliphatic carbocycles. The first-order chi connectivity index (χ1) is 8.07. The topological polar surface area (TPSA) is 35.5 Å². The Labute approximate surface area is 99.5 Å². The van der Waals surface area contributed by atoms with E-state index in [0.29, 0.717) is 18.8 Å². The molecule has 17 heavy (non-hydrogen) atoms. The first-order valence-electron chi connectivity index (χ1n) is 5.59. The SMILES string of the molecule is COc1ccc(C(=O)C2(C)CCCO2)c(F)c1. The average Bonchev–Trinajstić information content (AvgIpc) is 2.76. The predicted octanol–water partition coefficient (Wildman–Crippen LogP) is 2.59. The average molecular weight is 238 g/mol. The van der Waals surface area contributed by atoms with Crippen LogP contribution in [0.15, 0.2) is 18.2 Å². The summed E-state index contributed by atoms with van der Waals surface area (Å²) in [4.78, 5) is 12.2. The Morgan fingerprint density at radius 2 is 2.29 bits per heavy atom. The van der Waals surface area contributed by atoms with Gasteiger partial charge in [0.2, 0.25) is 0 Å². The van der Waals surface area contributed by atoms with E-state index >= 15 is 0 Å². The fourth-order valence-electron chi connectivity index (χ4n) is 2.05. The van der Waals surface area contributed by atoms with Crippen molar-refractivity contribution in [3.05, 3.63) is 29.6 Å². The number of carbonyl (C=O) groups excluding carboxylic acids is 1. The second-order valence-corrected chi connectivity index (χ2v) is 4.36. The monoisotopic (exact) mass is 238 g/mol. The molecule has 0 saturated carbocycles. The fraction of sp³-hybridized carbons (Fsp3) is 0.462. The minimum atomic E-state index is -0.880. The highest BCUT2D eigenvalue weighted by Gasteiger charge is 2.39. The van der Waals surface area contributed by atoms with Gasteiger partial charge in [-0.15, -0.1) is 0 Å². The molecular weight excluding hydrogens is 223 g/mol. The van der Waals surface area contributed by atoms with Gasteiger partial charge >= 0.3 is 0 Å². The second kappa shape index (κ2) is 4.45. The Kier molecular flexibility index (Phi) is 3.15. The van der Waals surface area contributed by atoms with Gasteiger partial charge in [0, 0.05) is 12.7 Å². The van der Waals surface area contributed by atoms with E-state index in [-0.39, 0.29) is 11.3 Å². The largest absolute Gasteiger partial charge is 0.497 e. The molecule has 0 spiro atoms. The highest BCUT2D eigenvalue weighted by Crippen LogP contribution is 2.30. The lowest BCUT2D eigenvalue weighted by molar-refractivity contribution is 0.0210. The molecule has 2 rings (SSSR count). The molecular formula is C13H15FO3. The summed E-state index contributed by atoms with van der Waals surface area (Å²) in [7, 11) is 1.46. The zero-order valence-corrected chi connectivity index (χ0v) is 9.96. The Bertz CT molecular complexity index is 436. The van der Waals surface area contributed by atoms with Gasteiger partial charge in [0.25, 0.3) is 0 Å². The Balaban J connectivity index is 2.31. The van der Waals surface area contributed by atoms with Crippen LogP contribution in [-0.4, -0.2) is 25.1 Å². The molecule has 1 heterocycles. The van der Waals surface area contributed by atoms with E-state index in [1.165, 1.54) is 19.2 Å². The van der Waals surface area contributed by atoms with Crippen LogP contribution < -0.4 is 4.74 Å². The summed E-state index contributed by atoms with van der Waals surface area (Å²) in [5.41, 5.74) is -0.815. The summed E-state index contributed by atoms with van der Waals surface area (Å²) in [5.74, 6) is -0.460. The maximum atomic E-state index is 13.8. The van der Waals surface area contributed by atoms with Gasteiger partial charge in [0.1, 0.15) is 17.2 Å². The minimum Gasteiger partial charge on any atom is -0.497 e. The highest BCUT2D eigenvalue weighted by atomic mass is 19.1. The van der Waals surface area contributed by atoms with Gasteiger partial charge in [-0.2, -0.15) is 0 Å². The number of ether oxygens (including phenoxy) is 2. The Hall–Kier alpha value is -1.42. The number of hydrogen-bond acceptors (Lipinski definition) is 3. The van der Waals surface area contributed by atoms with E-state index < -0.39 is 11.4 Å². The van der Waals surface area contributed by atoms with Crippen LogP contribution in [-0.2, 0) is 4.74 Å². The standard InChI is InChI=1S/C13H15FO3/c1-13(6-3-7-17-13)12(15)10-5-4-9(16-2)8-11(10)14/h4-5,8H,3,6-7H2,1-2H3. The van der Waals surface area contributed by atoms with Crippen molar-refractivity contribution in [3.8, 4) is 5.75 Å². The first kappa shape index (κ1) is 12.0. The maximum absolute atomic E-state index is 13.8. The Morgan fingerprint density at radius 3 is 2.82 bits per heavy atom. The molecule has 0 bridgehead atoms. The lowest BCUT2D eigenvalue weighted by atomic mass is 9.92. The van der Waals surface area contributed by atoms with Gasteiger partial charge in [-0.1, -0.05) is 0 Å². The van der Waals surface area contributed by atoms with Gasteiger partial charge in [0.15, 0.2) is 5.78 Å². The van der Waals surface area contributed by atoms with Crippen molar-refractivity contribution in [2.75, 3.05) is 13.7 Å². The number of hydrogen-bond donors (Lipinski definition) is 0. The molecule has 1 saturated heterocycles. The van der Waals surface area contributed by atoms with Crippen LogP contribution in [0, 0.1) is 5.82 Å². The summed E-state index contributed by atoms with van der Waals surface area (Å²) in [6.45, 7) is 2.27. The van der Waals surface area contributed by atoms with Gasteiger partial charge in [0.05, 0.1) is 12.7 Å². The van der Waals surface area contributed by atoms with E-state index in [1.807, 2.05) is 0 Å². The van der Waals surface area contributed by atoms with Crippen LogP contribution in [0.2, 0.25) is 0 Å². The third kappa shape index (κ3) is 2.17. The molecule has 1 aromatic carbocycles. The van der Waals surface area contributed by atoms with Crippen molar-refractivity contribution in [1.29, 1.82) is 0 Å². The predicted molar refractivity (Wildman–Crippen MR) is 60.9 cm³/mol. The van der Waals surface area contributed by atoms with Gasteiger partial charge in [-0.05, 0) is 31.9 Å². The van der Waals surface area contributed by atoms with Crippen molar-refractivity contribution in [3.63, 3.8) is 0 Å². The third-order valence-electron chi connectivity index (χ3n) is 3.12. The zero-order chi connectivity index (χ0) is 12.5. The summed E-state index contributed by atoms with van der Waals surface area (Å²) < 4.78 is 24.1. The van der Waals surface area contributed by atoms with Crippen molar-refractivity contribution < 1.29 is 18.7 Å². The first-order valence-corrected chi connectivity index (χ1v) is 5.59. The number of carbonyl (C=O) groups is 1. The van der Waals surface area contributed by atoms with Crippen molar-refractivity contribution in [1.82, 2.24) is 0 Å². The summed E-state index contributed by atoms with van der Waals surface area (Å²) >= 11 is 0. The summed E-state index contributed by atoms with van der Waals surface area (Å²) in [5, 5.41) is 0. The van der Waals surface area contributed by atoms with Crippen LogP contribution >= 0.6 is 0 Å². The molecule has 4 heteroatoms. The van der Waals surface area contributed by atoms with Crippen LogP contribution in [0.5, 0.6) is 5.75 Å². The molecule has 1 aliphatic rings. The lowest BCUT2D eigenvalue weighted by Crippen LogP contribution is -2.34. The van der Waals surface area contributed by atoms with E-state index in [9.17, 15) is 9.18 Å². The minimum absolute atomic E-state index is 0.0650. The molecule has 1 unspecified atom stereocenters. The molecule has 1 aliphatic heterocycles. The molecule has 0 amide bonds. The number of halogens is 1. The molecule has 0 N–H and O–H groups in total. The smallest absolute Gasteiger partial charge is 0.197 e. The number of rotatable bonds is 3. The van der Waals surface area contributed by atoms with Crippen LogP contribution in [0.25, 0.3) is 0 Å². The molecule has 1 fully saturated rings. The van der Waals surface area contributed by atoms with Gasteiger partial charge in [-0.3, -0.25) is 4.79 Å². The second-order valence-electron chi connectivity index (χ2n) is 4.36. The Morgan fingerprint density at radius 1 is 1.53 bits per heavy atom. The summed E-state index contributed by atoms with van der Waals surface area (Å²) in [6, 6.07) is 4.24. The molecule has 92 valence electrons. The van der Waals surface area contributed by atoms with E-state index in [1.54, 1.807) is 13.0 Å². The van der Waals surface area contributed by atoms with Crippen molar-refractivity contribution >= 4 is 5.78 Å². The lowest BCUT2D eigenvalue weighted by Gasteiger charge is -2.21. The van der Waals surface area contributed by atoms with Gasteiger partial charge < -0.3 is 9.47 Å². The number of benzene rings is 1. The number of Topliss-reactive ketones (excluding diaryl/α,β-unsaturated/α-hetero) is 1. The van der Waals surface area contributed by atoms with Crippen LogP contribution in [0.1, 0.15) is 30.1 Å². The highest BCUT2D eigenvalue weighted by molar-refractivity contribution is 6.02. The van der Waals surface area contributed by atoms with Crippen LogP contribution in [0.3, 0.4) is 0 Å². The summed E-state index contributed by atoms with van der Waals surface area (Å²) in [6.07, 6.45) is 1.47. The number of methoxy groups -OCH3 is 1. The van der Waals surface area contributed by atoms with E-state index in [4.69, 9.17) is 9.47 Å². The molecule has 3 nitrogen and oxygen atoms in total. The van der Waals surface area contributed by atoms with E-state index in [2.05, 4.69) is 0 Å².